The first-order chi connectivity index (χ1) is 11.5. The first-order valence-corrected chi connectivity index (χ1v) is 9.79. The molecule has 1 saturated carbocycles. The van der Waals surface area contributed by atoms with Gasteiger partial charge in [-0.15, -0.1) is 0 Å². The first kappa shape index (κ1) is 19.5. The second-order valence-corrected chi connectivity index (χ2v) is 8.19. The smallest absolute Gasteiger partial charge is 0.191 e. The zero-order valence-electron chi connectivity index (χ0n) is 15.9. The molecule has 5 nitrogen and oxygen atoms in total. The Morgan fingerprint density at radius 1 is 1.12 bits per heavy atom. The van der Waals surface area contributed by atoms with E-state index in [1.165, 1.54) is 32.1 Å². The molecule has 0 aromatic carbocycles. The molecule has 0 unspecified atom stereocenters. The fourth-order valence-corrected chi connectivity index (χ4v) is 4.18. The minimum atomic E-state index is -0.669. The Labute approximate surface area is 147 Å². The highest BCUT2D eigenvalue weighted by molar-refractivity contribution is 5.79. The number of aliphatic imine (C=N–C) groups is 1. The summed E-state index contributed by atoms with van der Waals surface area (Å²) in [4.78, 5) is 4.89. The molecule has 0 bridgehead atoms. The molecule has 0 amide bonds. The zero-order valence-corrected chi connectivity index (χ0v) is 15.9. The van der Waals surface area contributed by atoms with Crippen LogP contribution in [0.3, 0.4) is 0 Å². The van der Waals surface area contributed by atoms with Gasteiger partial charge >= 0.3 is 0 Å². The number of hydrogen-bond donors (Lipinski definition) is 3. The van der Waals surface area contributed by atoms with E-state index < -0.39 is 5.60 Å². The summed E-state index contributed by atoms with van der Waals surface area (Å²) in [5, 5.41) is 17.3. The van der Waals surface area contributed by atoms with Gasteiger partial charge in [0.1, 0.15) is 0 Å². The van der Waals surface area contributed by atoms with Crippen molar-refractivity contribution in [1.29, 1.82) is 0 Å². The van der Waals surface area contributed by atoms with Crippen molar-refractivity contribution in [2.45, 2.75) is 71.3 Å². The molecule has 1 saturated heterocycles. The maximum Gasteiger partial charge on any atom is 0.191 e. The van der Waals surface area contributed by atoms with Gasteiger partial charge in [0.25, 0.3) is 0 Å². The largest absolute Gasteiger partial charge is 0.388 e. The lowest BCUT2D eigenvalue weighted by Crippen LogP contribution is -2.49. The molecule has 0 aromatic rings. The molecule has 2 fully saturated rings. The Morgan fingerprint density at radius 3 is 2.38 bits per heavy atom. The van der Waals surface area contributed by atoms with Crippen LogP contribution in [0.1, 0.15) is 65.7 Å². The Morgan fingerprint density at radius 2 is 1.79 bits per heavy atom. The van der Waals surface area contributed by atoms with Crippen molar-refractivity contribution >= 4 is 5.96 Å². The standard InChI is InChI=1S/C19H37N3O2/c1-4-20-17(22-15-19(23)9-11-24-12-10-19)21-14-18(13-16(2)3)7-5-6-8-18/h16,23H,4-15H2,1-3H3,(H2,20,21,22). The van der Waals surface area contributed by atoms with Gasteiger partial charge in [0.2, 0.25) is 0 Å². The van der Waals surface area contributed by atoms with Crippen molar-refractivity contribution < 1.29 is 9.84 Å². The molecule has 0 atom stereocenters. The number of rotatable bonds is 7. The van der Waals surface area contributed by atoms with Crippen molar-refractivity contribution in [1.82, 2.24) is 10.6 Å². The second-order valence-electron chi connectivity index (χ2n) is 8.19. The van der Waals surface area contributed by atoms with Crippen LogP contribution in [-0.4, -0.2) is 49.5 Å². The van der Waals surface area contributed by atoms with E-state index in [0.717, 1.165) is 25.0 Å². The van der Waals surface area contributed by atoms with E-state index in [4.69, 9.17) is 9.73 Å². The van der Waals surface area contributed by atoms with E-state index in [0.29, 0.717) is 38.0 Å². The van der Waals surface area contributed by atoms with Crippen LogP contribution in [0.5, 0.6) is 0 Å². The van der Waals surface area contributed by atoms with Gasteiger partial charge in [0, 0.05) is 45.7 Å². The van der Waals surface area contributed by atoms with Crippen molar-refractivity contribution in [3.63, 3.8) is 0 Å². The lowest BCUT2D eigenvalue weighted by Gasteiger charge is -2.33. The van der Waals surface area contributed by atoms with Crippen LogP contribution in [0.2, 0.25) is 0 Å². The lowest BCUT2D eigenvalue weighted by molar-refractivity contribution is -0.0594. The van der Waals surface area contributed by atoms with Crippen LogP contribution in [0, 0.1) is 11.3 Å². The van der Waals surface area contributed by atoms with E-state index in [9.17, 15) is 5.11 Å². The highest BCUT2D eigenvalue weighted by Gasteiger charge is 2.34. The lowest BCUT2D eigenvalue weighted by atomic mass is 9.78. The number of nitrogens with zero attached hydrogens (tertiary/aromatic N) is 1. The van der Waals surface area contributed by atoms with Crippen LogP contribution >= 0.6 is 0 Å². The maximum atomic E-state index is 10.6. The van der Waals surface area contributed by atoms with Gasteiger partial charge in [-0.05, 0) is 37.5 Å². The predicted octanol–water partition coefficient (Wildman–Crippen LogP) is 2.69. The summed E-state index contributed by atoms with van der Waals surface area (Å²) < 4.78 is 5.35. The van der Waals surface area contributed by atoms with Crippen LogP contribution in [-0.2, 0) is 4.74 Å². The Bertz CT molecular complexity index is 397. The van der Waals surface area contributed by atoms with E-state index >= 15 is 0 Å². The molecule has 0 aromatic heterocycles. The minimum Gasteiger partial charge on any atom is -0.388 e. The number of nitrogens with one attached hydrogen (secondary N) is 2. The summed E-state index contributed by atoms with van der Waals surface area (Å²) >= 11 is 0. The number of aliphatic hydroxyl groups is 1. The SMILES string of the molecule is CCNC(=NCC1(CC(C)C)CCCC1)NCC1(O)CCOCC1. The first-order valence-electron chi connectivity index (χ1n) is 9.79. The molecule has 140 valence electrons. The highest BCUT2D eigenvalue weighted by Crippen LogP contribution is 2.43. The summed E-state index contributed by atoms with van der Waals surface area (Å²) in [7, 11) is 0. The van der Waals surface area contributed by atoms with Crippen LogP contribution in [0.15, 0.2) is 4.99 Å². The van der Waals surface area contributed by atoms with Crippen molar-refractivity contribution in [2.24, 2.45) is 16.3 Å². The van der Waals surface area contributed by atoms with Gasteiger partial charge in [-0.3, -0.25) is 4.99 Å². The average molecular weight is 340 g/mol. The monoisotopic (exact) mass is 339 g/mol. The number of guanidine groups is 1. The quantitative estimate of drug-likeness (QED) is 0.493. The normalized spacial score (nSPS) is 23.5. The fourth-order valence-electron chi connectivity index (χ4n) is 4.18. The van der Waals surface area contributed by atoms with E-state index in [-0.39, 0.29) is 0 Å². The highest BCUT2D eigenvalue weighted by atomic mass is 16.5. The third kappa shape index (κ3) is 5.92. The molecule has 0 spiro atoms. The zero-order chi connectivity index (χ0) is 17.5. The minimum absolute atomic E-state index is 0.381. The molecule has 5 heteroatoms. The third-order valence-corrected chi connectivity index (χ3v) is 5.43. The van der Waals surface area contributed by atoms with Gasteiger partial charge in [-0.1, -0.05) is 26.7 Å². The van der Waals surface area contributed by atoms with Crippen molar-refractivity contribution in [3.8, 4) is 0 Å². The Kier molecular flexibility index (Phi) is 7.35. The average Bonchev–Trinajstić information content (AvgIpc) is 2.99. The second kappa shape index (κ2) is 9.04. The summed E-state index contributed by atoms with van der Waals surface area (Å²) in [6, 6.07) is 0. The van der Waals surface area contributed by atoms with Crippen LogP contribution in [0.25, 0.3) is 0 Å². The molecular weight excluding hydrogens is 302 g/mol. The Balaban J connectivity index is 1.93. The molecule has 1 aliphatic carbocycles. The molecule has 24 heavy (non-hydrogen) atoms. The summed E-state index contributed by atoms with van der Waals surface area (Å²) in [5.74, 6) is 1.56. The van der Waals surface area contributed by atoms with Crippen molar-refractivity contribution in [3.05, 3.63) is 0 Å². The summed E-state index contributed by atoms with van der Waals surface area (Å²) in [6.07, 6.45) is 7.92. The molecule has 0 radical (unpaired) electrons. The van der Waals surface area contributed by atoms with Crippen LogP contribution < -0.4 is 10.6 Å². The number of ether oxygens (including phenoxy) is 1. The van der Waals surface area contributed by atoms with Crippen molar-refractivity contribution in [2.75, 3.05) is 32.8 Å². The maximum absolute atomic E-state index is 10.6. The molecule has 2 aliphatic rings. The van der Waals surface area contributed by atoms with E-state index in [1.807, 2.05) is 0 Å². The van der Waals surface area contributed by atoms with E-state index in [2.05, 4.69) is 31.4 Å². The molecule has 3 N–H and O–H groups in total. The predicted molar refractivity (Wildman–Crippen MR) is 99.3 cm³/mol. The van der Waals surface area contributed by atoms with Crippen LogP contribution in [0.4, 0.5) is 0 Å². The van der Waals surface area contributed by atoms with E-state index in [1.54, 1.807) is 0 Å². The van der Waals surface area contributed by atoms with Gasteiger partial charge in [-0.2, -0.15) is 0 Å². The topological polar surface area (TPSA) is 65.9 Å². The van der Waals surface area contributed by atoms with Gasteiger partial charge < -0.3 is 20.5 Å². The fraction of sp³-hybridized carbons (Fsp3) is 0.947. The Hall–Kier alpha value is -0.810. The molecule has 1 heterocycles. The van der Waals surface area contributed by atoms with Gasteiger partial charge in [0.05, 0.1) is 5.60 Å². The molecule has 2 rings (SSSR count). The van der Waals surface area contributed by atoms with Gasteiger partial charge in [0.15, 0.2) is 5.96 Å². The number of hydrogen-bond acceptors (Lipinski definition) is 3. The third-order valence-electron chi connectivity index (χ3n) is 5.43. The van der Waals surface area contributed by atoms with Gasteiger partial charge in [-0.25, -0.2) is 0 Å². The summed E-state index contributed by atoms with van der Waals surface area (Å²) in [5.41, 5.74) is -0.288. The summed E-state index contributed by atoms with van der Waals surface area (Å²) in [6.45, 7) is 10.3. The molecular formula is C19H37N3O2. The molecule has 1 aliphatic heterocycles.